The Bertz CT molecular complexity index is 56.0. The molecular formula is C4H11N3. The summed E-state index contributed by atoms with van der Waals surface area (Å²) in [6, 6.07) is 0.287. The fourth-order valence-corrected chi connectivity index (χ4v) is 0.796. The van der Waals surface area contributed by atoms with Gasteiger partial charge in [-0.1, -0.05) is 0 Å². The minimum Gasteiger partial charge on any atom is -0.326 e. The first-order valence-corrected chi connectivity index (χ1v) is 2.53. The summed E-state index contributed by atoms with van der Waals surface area (Å²) in [6.45, 7) is 0.876. The second-order valence-electron chi connectivity index (χ2n) is 2.01. The molecule has 2 atom stereocenters. The maximum absolute atomic E-state index is 5.48. The maximum Gasteiger partial charge on any atom is 0.0562 e. The fraction of sp³-hybridized carbons (Fsp3) is 1.00. The van der Waals surface area contributed by atoms with Gasteiger partial charge in [0.15, 0.2) is 0 Å². The number of hydrogen-bond donors (Lipinski definition) is 3. The largest absolute Gasteiger partial charge is 0.326 e. The molecule has 0 aromatic rings. The predicted octanol–water partition coefficient (Wildman–Crippen LogP) is -1.41. The van der Waals surface area contributed by atoms with Gasteiger partial charge in [0.1, 0.15) is 0 Å². The van der Waals surface area contributed by atoms with Gasteiger partial charge in [-0.25, -0.2) is 0 Å². The van der Waals surface area contributed by atoms with E-state index in [-0.39, 0.29) is 12.2 Å². The second kappa shape index (κ2) is 1.78. The molecular weight excluding hydrogens is 90.1 g/mol. The van der Waals surface area contributed by atoms with Gasteiger partial charge in [-0.15, -0.1) is 0 Å². The van der Waals surface area contributed by atoms with E-state index in [0.717, 1.165) is 13.0 Å². The van der Waals surface area contributed by atoms with Crippen LogP contribution in [0.2, 0.25) is 0 Å². The Kier molecular flexibility index (Phi) is 1.27. The van der Waals surface area contributed by atoms with Gasteiger partial charge in [-0.3, -0.25) is 0 Å². The molecule has 0 aromatic carbocycles. The molecule has 1 saturated heterocycles. The average Bonchev–Trinajstić information content (AvgIpc) is 1.87. The normalized spacial score (nSPS) is 42.0. The summed E-state index contributed by atoms with van der Waals surface area (Å²) in [4.78, 5) is 0. The van der Waals surface area contributed by atoms with Gasteiger partial charge in [-0.2, -0.15) is 0 Å². The van der Waals surface area contributed by atoms with Crippen molar-refractivity contribution in [2.24, 2.45) is 11.5 Å². The molecule has 0 aliphatic carbocycles. The van der Waals surface area contributed by atoms with Crippen molar-refractivity contribution in [3.63, 3.8) is 0 Å². The summed E-state index contributed by atoms with van der Waals surface area (Å²) in [7, 11) is 0. The summed E-state index contributed by atoms with van der Waals surface area (Å²) >= 11 is 0. The summed E-state index contributed by atoms with van der Waals surface area (Å²) in [5, 5.41) is 3.02. The smallest absolute Gasteiger partial charge is 0.0562 e. The van der Waals surface area contributed by atoms with Crippen LogP contribution < -0.4 is 16.8 Å². The minimum absolute atomic E-state index is 0.148. The Morgan fingerprint density at radius 3 is 2.29 bits per heavy atom. The van der Waals surface area contributed by atoms with Gasteiger partial charge < -0.3 is 16.8 Å². The van der Waals surface area contributed by atoms with Crippen LogP contribution in [0.25, 0.3) is 0 Å². The van der Waals surface area contributed by atoms with E-state index in [9.17, 15) is 0 Å². The first kappa shape index (κ1) is 5.03. The first-order valence-electron chi connectivity index (χ1n) is 2.53. The minimum atomic E-state index is 0.148. The van der Waals surface area contributed by atoms with Crippen LogP contribution in [0.3, 0.4) is 0 Å². The molecule has 2 unspecified atom stereocenters. The zero-order valence-electron chi connectivity index (χ0n) is 4.22. The van der Waals surface area contributed by atoms with Crippen molar-refractivity contribution >= 4 is 0 Å². The quantitative estimate of drug-likeness (QED) is 0.351. The van der Waals surface area contributed by atoms with Crippen molar-refractivity contribution in [2.45, 2.75) is 18.6 Å². The Balaban J connectivity index is 2.26. The Labute approximate surface area is 43.1 Å². The van der Waals surface area contributed by atoms with E-state index < -0.39 is 0 Å². The lowest BCUT2D eigenvalue weighted by atomic mass is 10.3. The van der Waals surface area contributed by atoms with Crippen LogP contribution in [-0.2, 0) is 0 Å². The SMILES string of the molecule is NC1CNC(N)C1. The Morgan fingerprint density at radius 1 is 1.43 bits per heavy atom. The molecule has 3 nitrogen and oxygen atoms in total. The monoisotopic (exact) mass is 101 g/mol. The molecule has 0 saturated carbocycles. The molecule has 0 radical (unpaired) electrons. The molecule has 0 spiro atoms. The van der Waals surface area contributed by atoms with Crippen molar-refractivity contribution in [1.29, 1.82) is 0 Å². The molecule has 1 aliphatic rings. The van der Waals surface area contributed by atoms with E-state index in [4.69, 9.17) is 11.5 Å². The highest BCUT2D eigenvalue weighted by molar-refractivity contribution is 4.79. The van der Waals surface area contributed by atoms with Crippen LogP contribution in [0.1, 0.15) is 6.42 Å². The molecule has 7 heavy (non-hydrogen) atoms. The highest BCUT2D eigenvalue weighted by Crippen LogP contribution is 1.96. The predicted molar refractivity (Wildman–Crippen MR) is 28.6 cm³/mol. The topological polar surface area (TPSA) is 64.1 Å². The van der Waals surface area contributed by atoms with Crippen molar-refractivity contribution < 1.29 is 0 Å². The molecule has 0 aromatic heterocycles. The number of hydrogen-bond acceptors (Lipinski definition) is 3. The van der Waals surface area contributed by atoms with E-state index >= 15 is 0 Å². The van der Waals surface area contributed by atoms with E-state index in [1.807, 2.05) is 0 Å². The molecule has 0 bridgehead atoms. The van der Waals surface area contributed by atoms with Crippen molar-refractivity contribution in [2.75, 3.05) is 6.54 Å². The zero-order valence-corrected chi connectivity index (χ0v) is 4.22. The summed E-state index contributed by atoms with van der Waals surface area (Å²) in [5.74, 6) is 0. The van der Waals surface area contributed by atoms with Crippen LogP contribution in [0.5, 0.6) is 0 Å². The zero-order chi connectivity index (χ0) is 5.28. The number of nitrogens with one attached hydrogen (secondary N) is 1. The second-order valence-corrected chi connectivity index (χ2v) is 2.01. The van der Waals surface area contributed by atoms with E-state index in [2.05, 4.69) is 5.32 Å². The van der Waals surface area contributed by atoms with Gasteiger partial charge in [0.05, 0.1) is 6.17 Å². The number of rotatable bonds is 0. The lowest BCUT2D eigenvalue weighted by molar-refractivity contribution is 0.627. The average molecular weight is 101 g/mol. The Hall–Kier alpha value is -0.120. The third kappa shape index (κ3) is 1.12. The molecule has 1 aliphatic heterocycles. The molecule has 1 fully saturated rings. The molecule has 3 heteroatoms. The number of nitrogens with two attached hydrogens (primary N) is 2. The third-order valence-corrected chi connectivity index (χ3v) is 1.20. The highest BCUT2D eigenvalue weighted by atomic mass is 15.1. The third-order valence-electron chi connectivity index (χ3n) is 1.20. The van der Waals surface area contributed by atoms with Crippen molar-refractivity contribution in [3.8, 4) is 0 Å². The first-order chi connectivity index (χ1) is 3.29. The van der Waals surface area contributed by atoms with Crippen molar-refractivity contribution in [3.05, 3.63) is 0 Å². The fourth-order valence-electron chi connectivity index (χ4n) is 0.796. The lowest BCUT2D eigenvalue weighted by Crippen LogP contribution is -2.30. The van der Waals surface area contributed by atoms with Gasteiger partial charge in [-0.05, 0) is 6.42 Å². The summed E-state index contributed by atoms with van der Waals surface area (Å²) < 4.78 is 0. The summed E-state index contributed by atoms with van der Waals surface area (Å²) in [5.41, 5.74) is 10.9. The standard InChI is InChI=1S/C4H11N3/c5-3-1-4(6)7-2-3/h3-4,7H,1-2,5-6H2. The van der Waals surface area contributed by atoms with E-state index in [1.165, 1.54) is 0 Å². The molecule has 1 heterocycles. The maximum atomic E-state index is 5.48. The van der Waals surface area contributed by atoms with Crippen LogP contribution in [0.15, 0.2) is 0 Å². The molecule has 5 N–H and O–H groups in total. The van der Waals surface area contributed by atoms with Crippen molar-refractivity contribution in [1.82, 2.24) is 5.32 Å². The van der Waals surface area contributed by atoms with Gasteiger partial charge in [0, 0.05) is 12.6 Å². The molecule has 1 rings (SSSR count). The van der Waals surface area contributed by atoms with E-state index in [0.29, 0.717) is 0 Å². The van der Waals surface area contributed by atoms with Gasteiger partial charge in [0.2, 0.25) is 0 Å². The summed E-state index contributed by atoms with van der Waals surface area (Å²) in [6.07, 6.45) is 1.06. The Morgan fingerprint density at radius 2 is 2.14 bits per heavy atom. The van der Waals surface area contributed by atoms with Crippen LogP contribution in [0.4, 0.5) is 0 Å². The van der Waals surface area contributed by atoms with E-state index in [1.54, 1.807) is 0 Å². The highest BCUT2D eigenvalue weighted by Gasteiger charge is 2.15. The van der Waals surface area contributed by atoms with Crippen LogP contribution >= 0.6 is 0 Å². The van der Waals surface area contributed by atoms with Crippen LogP contribution in [0, 0.1) is 0 Å². The van der Waals surface area contributed by atoms with Gasteiger partial charge in [0.25, 0.3) is 0 Å². The molecule has 0 amide bonds. The van der Waals surface area contributed by atoms with Gasteiger partial charge >= 0.3 is 0 Å². The molecule has 42 valence electrons. The lowest BCUT2D eigenvalue weighted by Gasteiger charge is -1.96. The van der Waals surface area contributed by atoms with Crippen LogP contribution in [-0.4, -0.2) is 18.8 Å².